The summed E-state index contributed by atoms with van der Waals surface area (Å²) < 4.78 is 33.3. The number of ether oxygens (including phenoxy) is 1. The molecule has 2 aromatic rings. The topological polar surface area (TPSA) is 21.3 Å². The Kier molecular flexibility index (Phi) is 4.91. The Morgan fingerprint density at radius 3 is 2.10 bits per heavy atom. The first-order chi connectivity index (χ1) is 10.1. The van der Waals surface area contributed by atoms with E-state index in [1.165, 1.54) is 24.8 Å². The number of halogens is 2. The summed E-state index contributed by atoms with van der Waals surface area (Å²) in [6, 6.07) is 9.58. The summed E-state index contributed by atoms with van der Waals surface area (Å²) in [4.78, 5) is 0. The molecule has 0 fully saturated rings. The SMILES string of the molecule is CCc1ccc(C(NC)c2c(F)cc(OC)cc2F)cc1. The van der Waals surface area contributed by atoms with Crippen molar-refractivity contribution in [1.82, 2.24) is 5.32 Å². The van der Waals surface area contributed by atoms with Gasteiger partial charge in [0.1, 0.15) is 17.4 Å². The van der Waals surface area contributed by atoms with E-state index in [-0.39, 0.29) is 11.3 Å². The van der Waals surface area contributed by atoms with Crippen LogP contribution in [0.1, 0.15) is 29.7 Å². The smallest absolute Gasteiger partial charge is 0.134 e. The van der Waals surface area contributed by atoms with Gasteiger partial charge in [0.2, 0.25) is 0 Å². The summed E-state index contributed by atoms with van der Waals surface area (Å²) in [7, 11) is 3.06. The van der Waals surface area contributed by atoms with Crippen molar-refractivity contribution in [2.45, 2.75) is 19.4 Å². The van der Waals surface area contributed by atoms with Crippen LogP contribution in [0, 0.1) is 11.6 Å². The molecule has 0 saturated heterocycles. The first-order valence-electron chi connectivity index (χ1n) is 6.89. The average molecular weight is 291 g/mol. The van der Waals surface area contributed by atoms with Crippen LogP contribution < -0.4 is 10.1 Å². The number of benzene rings is 2. The normalized spacial score (nSPS) is 12.2. The van der Waals surface area contributed by atoms with Crippen LogP contribution in [0.25, 0.3) is 0 Å². The Morgan fingerprint density at radius 1 is 1.10 bits per heavy atom. The van der Waals surface area contributed by atoms with Crippen LogP contribution in [-0.2, 0) is 6.42 Å². The molecule has 0 aromatic heterocycles. The zero-order chi connectivity index (χ0) is 15.4. The van der Waals surface area contributed by atoms with Gasteiger partial charge in [0, 0.05) is 17.7 Å². The van der Waals surface area contributed by atoms with Crippen molar-refractivity contribution < 1.29 is 13.5 Å². The minimum Gasteiger partial charge on any atom is -0.497 e. The summed E-state index contributed by atoms with van der Waals surface area (Å²) >= 11 is 0. The standard InChI is InChI=1S/C17H19F2NO/c1-4-11-5-7-12(8-6-11)17(20-2)16-14(18)9-13(21-3)10-15(16)19/h5-10,17,20H,4H2,1-3H3. The van der Waals surface area contributed by atoms with Gasteiger partial charge in [-0.25, -0.2) is 8.78 Å². The molecule has 21 heavy (non-hydrogen) atoms. The molecule has 112 valence electrons. The minimum absolute atomic E-state index is 0.00236. The maximum Gasteiger partial charge on any atom is 0.134 e. The molecule has 0 heterocycles. The third kappa shape index (κ3) is 3.22. The molecule has 0 spiro atoms. The molecule has 0 saturated carbocycles. The third-order valence-corrected chi connectivity index (χ3v) is 3.59. The molecule has 0 radical (unpaired) electrons. The second-order valence-electron chi connectivity index (χ2n) is 4.82. The van der Waals surface area contributed by atoms with Gasteiger partial charge in [0.05, 0.1) is 13.2 Å². The monoisotopic (exact) mass is 291 g/mol. The van der Waals surface area contributed by atoms with Crippen molar-refractivity contribution in [1.29, 1.82) is 0 Å². The van der Waals surface area contributed by atoms with Gasteiger partial charge < -0.3 is 10.1 Å². The van der Waals surface area contributed by atoms with Gasteiger partial charge >= 0.3 is 0 Å². The van der Waals surface area contributed by atoms with E-state index < -0.39 is 17.7 Å². The average Bonchev–Trinajstić information content (AvgIpc) is 2.50. The molecule has 0 aliphatic rings. The van der Waals surface area contributed by atoms with Crippen molar-refractivity contribution >= 4 is 0 Å². The highest BCUT2D eigenvalue weighted by Crippen LogP contribution is 2.30. The number of aryl methyl sites for hydroxylation is 1. The first-order valence-corrected chi connectivity index (χ1v) is 6.89. The predicted molar refractivity (Wildman–Crippen MR) is 79.6 cm³/mol. The quantitative estimate of drug-likeness (QED) is 0.903. The van der Waals surface area contributed by atoms with Gasteiger partial charge in [0.15, 0.2) is 0 Å². The number of hydrogen-bond acceptors (Lipinski definition) is 2. The number of nitrogens with one attached hydrogen (secondary N) is 1. The summed E-state index contributed by atoms with van der Waals surface area (Å²) in [5.41, 5.74) is 2.00. The lowest BCUT2D eigenvalue weighted by Crippen LogP contribution is -2.20. The van der Waals surface area contributed by atoms with Crippen molar-refractivity contribution in [3.63, 3.8) is 0 Å². The number of hydrogen-bond donors (Lipinski definition) is 1. The van der Waals surface area contributed by atoms with E-state index in [1.807, 2.05) is 24.3 Å². The summed E-state index contributed by atoms with van der Waals surface area (Å²) in [5, 5.41) is 2.97. The van der Waals surface area contributed by atoms with E-state index in [0.717, 1.165) is 12.0 Å². The molecule has 1 unspecified atom stereocenters. The van der Waals surface area contributed by atoms with E-state index in [2.05, 4.69) is 12.2 Å². The highest BCUT2D eigenvalue weighted by molar-refractivity contribution is 5.38. The lowest BCUT2D eigenvalue weighted by atomic mass is 9.96. The molecule has 0 bridgehead atoms. The van der Waals surface area contributed by atoms with E-state index in [4.69, 9.17) is 4.74 Å². The van der Waals surface area contributed by atoms with Gasteiger partial charge in [0.25, 0.3) is 0 Å². The van der Waals surface area contributed by atoms with Crippen LogP contribution in [0.3, 0.4) is 0 Å². The van der Waals surface area contributed by atoms with Crippen LogP contribution in [0.5, 0.6) is 5.75 Å². The molecule has 1 N–H and O–H groups in total. The number of rotatable bonds is 5. The minimum atomic E-state index is -0.620. The molecular weight excluding hydrogens is 272 g/mol. The van der Waals surface area contributed by atoms with Gasteiger partial charge in [-0.3, -0.25) is 0 Å². The van der Waals surface area contributed by atoms with Crippen molar-refractivity contribution in [2.75, 3.05) is 14.2 Å². The fraction of sp³-hybridized carbons (Fsp3) is 0.294. The summed E-state index contributed by atoms with van der Waals surface area (Å²) in [6.45, 7) is 2.06. The Morgan fingerprint density at radius 2 is 1.67 bits per heavy atom. The van der Waals surface area contributed by atoms with E-state index in [9.17, 15) is 8.78 Å². The van der Waals surface area contributed by atoms with Gasteiger partial charge in [-0.15, -0.1) is 0 Å². The lowest BCUT2D eigenvalue weighted by Gasteiger charge is -2.19. The molecule has 2 nitrogen and oxygen atoms in total. The largest absolute Gasteiger partial charge is 0.497 e. The fourth-order valence-electron chi connectivity index (χ4n) is 2.38. The molecule has 0 amide bonds. The lowest BCUT2D eigenvalue weighted by molar-refractivity contribution is 0.403. The second-order valence-corrected chi connectivity index (χ2v) is 4.82. The zero-order valence-corrected chi connectivity index (χ0v) is 12.4. The fourth-order valence-corrected chi connectivity index (χ4v) is 2.38. The van der Waals surface area contributed by atoms with Crippen molar-refractivity contribution in [3.8, 4) is 5.75 Å². The molecule has 0 aliphatic carbocycles. The van der Waals surface area contributed by atoms with Crippen LogP contribution in [0.15, 0.2) is 36.4 Å². The Labute approximate surface area is 123 Å². The van der Waals surface area contributed by atoms with Crippen LogP contribution in [0.2, 0.25) is 0 Å². The Hall–Kier alpha value is -1.94. The zero-order valence-electron chi connectivity index (χ0n) is 12.4. The summed E-state index contributed by atoms with van der Waals surface area (Å²) in [5.74, 6) is -1.07. The molecule has 1 atom stereocenters. The third-order valence-electron chi connectivity index (χ3n) is 3.59. The predicted octanol–water partition coefficient (Wildman–Crippen LogP) is 3.84. The highest BCUT2D eigenvalue weighted by atomic mass is 19.1. The van der Waals surface area contributed by atoms with E-state index >= 15 is 0 Å². The van der Waals surface area contributed by atoms with E-state index in [1.54, 1.807) is 7.05 Å². The molecule has 4 heteroatoms. The molecule has 2 aromatic carbocycles. The van der Waals surface area contributed by atoms with E-state index in [0.29, 0.717) is 0 Å². The van der Waals surface area contributed by atoms with Gasteiger partial charge in [-0.1, -0.05) is 31.2 Å². The van der Waals surface area contributed by atoms with Gasteiger partial charge in [-0.2, -0.15) is 0 Å². The van der Waals surface area contributed by atoms with Crippen molar-refractivity contribution in [2.24, 2.45) is 0 Å². The Bertz CT molecular complexity index is 588. The van der Waals surface area contributed by atoms with Crippen LogP contribution in [-0.4, -0.2) is 14.2 Å². The highest BCUT2D eigenvalue weighted by Gasteiger charge is 2.21. The molecule has 0 aliphatic heterocycles. The van der Waals surface area contributed by atoms with Crippen molar-refractivity contribution in [3.05, 3.63) is 64.7 Å². The molecular formula is C17H19F2NO. The Balaban J connectivity index is 2.45. The maximum absolute atomic E-state index is 14.2. The molecule has 2 rings (SSSR count). The van der Waals surface area contributed by atoms with Crippen LogP contribution in [0.4, 0.5) is 8.78 Å². The van der Waals surface area contributed by atoms with Gasteiger partial charge in [-0.05, 0) is 24.6 Å². The second kappa shape index (κ2) is 6.68. The number of methoxy groups -OCH3 is 1. The van der Waals surface area contributed by atoms with Crippen LogP contribution >= 0.6 is 0 Å². The maximum atomic E-state index is 14.2. The first kappa shape index (κ1) is 15.4. The summed E-state index contributed by atoms with van der Waals surface area (Å²) in [6.07, 6.45) is 0.926.